The molecule has 1 aliphatic rings. The number of guanidine groups is 1. The topological polar surface area (TPSA) is 72.7 Å². The maximum Gasteiger partial charge on any atom is 0.191 e. The quantitative estimate of drug-likeness (QED) is 0.421. The highest BCUT2D eigenvalue weighted by atomic mass is 16.5. The Morgan fingerprint density at radius 1 is 1.30 bits per heavy atom. The van der Waals surface area contributed by atoms with E-state index in [1.807, 2.05) is 25.2 Å². The zero-order chi connectivity index (χ0) is 18.9. The largest absolute Gasteiger partial charge is 0.381 e. The molecule has 2 heterocycles. The summed E-state index contributed by atoms with van der Waals surface area (Å²) in [5, 5.41) is 6.66. The summed E-state index contributed by atoms with van der Waals surface area (Å²) in [6, 6.07) is 8.16. The first-order valence-corrected chi connectivity index (χ1v) is 9.78. The molecule has 27 heavy (non-hydrogen) atoms. The van der Waals surface area contributed by atoms with Crippen molar-refractivity contribution in [3.05, 3.63) is 30.1 Å². The van der Waals surface area contributed by atoms with Gasteiger partial charge in [-0.3, -0.25) is 4.99 Å². The zero-order valence-electron chi connectivity index (χ0n) is 16.4. The Morgan fingerprint density at radius 2 is 2.11 bits per heavy atom. The van der Waals surface area contributed by atoms with Crippen LogP contribution in [-0.4, -0.2) is 55.5 Å². The summed E-state index contributed by atoms with van der Waals surface area (Å²) in [6.45, 7) is 4.84. The van der Waals surface area contributed by atoms with Crippen molar-refractivity contribution >= 4 is 17.0 Å². The van der Waals surface area contributed by atoms with Gasteiger partial charge >= 0.3 is 0 Å². The Bertz CT molecular complexity index is 737. The van der Waals surface area contributed by atoms with Crippen molar-refractivity contribution in [3.8, 4) is 0 Å². The van der Waals surface area contributed by atoms with Crippen molar-refractivity contribution in [3.63, 3.8) is 0 Å². The standard InChI is InChI=1S/C20H31N5O2/c1-21-20(22-10-5-11-27-15-16-8-12-26-13-9-16)23-14-19-24-17-6-3-4-7-18(17)25(19)2/h3-4,6-7,16H,5,8-15H2,1-2H3,(H2,21,22,23). The first kappa shape index (κ1) is 19.6. The number of para-hydroxylation sites is 2. The second kappa shape index (κ2) is 10.3. The maximum atomic E-state index is 5.80. The smallest absolute Gasteiger partial charge is 0.191 e. The van der Waals surface area contributed by atoms with E-state index in [-0.39, 0.29) is 0 Å². The van der Waals surface area contributed by atoms with Crippen LogP contribution in [0.15, 0.2) is 29.3 Å². The molecule has 0 amide bonds. The number of benzene rings is 1. The summed E-state index contributed by atoms with van der Waals surface area (Å²) in [6.07, 6.45) is 3.20. The Balaban J connectivity index is 1.33. The molecular weight excluding hydrogens is 342 g/mol. The number of fused-ring (bicyclic) bond motifs is 1. The Morgan fingerprint density at radius 3 is 2.89 bits per heavy atom. The normalized spacial score (nSPS) is 16.0. The average Bonchev–Trinajstić information content (AvgIpc) is 3.03. The number of aromatic nitrogens is 2. The lowest BCUT2D eigenvalue weighted by atomic mass is 10.0. The monoisotopic (exact) mass is 373 g/mol. The first-order valence-electron chi connectivity index (χ1n) is 9.78. The lowest BCUT2D eigenvalue weighted by molar-refractivity contribution is 0.0203. The minimum absolute atomic E-state index is 0.630. The number of hydrogen-bond donors (Lipinski definition) is 2. The van der Waals surface area contributed by atoms with E-state index >= 15 is 0 Å². The fourth-order valence-electron chi connectivity index (χ4n) is 3.28. The predicted molar refractivity (Wildman–Crippen MR) is 108 cm³/mol. The molecule has 2 N–H and O–H groups in total. The molecule has 1 aromatic carbocycles. The lowest BCUT2D eigenvalue weighted by Gasteiger charge is -2.21. The highest BCUT2D eigenvalue weighted by Crippen LogP contribution is 2.15. The molecule has 2 aromatic rings. The highest BCUT2D eigenvalue weighted by molar-refractivity contribution is 5.80. The number of nitrogens with zero attached hydrogens (tertiary/aromatic N) is 3. The third kappa shape index (κ3) is 5.68. The molecule has 0 unspecified atom stereocenters. The van der Waals surface area contributed by atoms with Crippen molar-refractivity contribution in [2.24, 2.45) is 18.0 Å². The van der Waals surface area contributed by atoms with E-state index in [4.69, 9.17) is 9.47 Å². The molecule has 0 saturated carbocycles. The summed E-state index contributed by atoms with van der Waals surface area (Å²) in [7, 11) is 3.82. The minimum Gasteiger partial charge on any atom is -0.381 e. The number of ether oxygens (including phenoxy) is 2. The third-order valence-corrected chi connectivity index (χ3v) is 4.97. The van der Waals surface area contributed by atoms with Crippen LogP contribution in [0.3, 0.4) is 0 Å². The van der Waals surface area contributed by atoms with E-state index in [0.29, 0.717) is 12.5 Å². The molecule has 1 fully saturated rings. The highest BCUT2D eigenvalue weighted by Gasteiger charge is 2.13. The van der Waals surface area contributed by atoms with E-state index in [2.05, 4.69) is 31.2 Å². The second-order valence-electron chi connectivity index (χ2n) is 6.91. The molecule has 148 valence electrons. The molecule has 1 aromatic heterocycles. The van der Waals surface area contributed by atoms with Crippen molar-refractivity contribution in [1.82, 2.24) is 20.2 Å². The molecule has 1 saturated heterocycles. The van der Waals surface area contributed by atoms with Gasteiger partial charge in [-0.25, -0.2) is 4.98 Å². The summed E-state index contributed by atoms with van der Waals surface area (Å²) in [5.74, 6) is 2.43. The van der Waals surface area contributed by atoms with Gasteiger partial charge in [0.15, 0.2) is 5.96 Å². The number of imidazole rings is 1. The third-order valence-electron chi connectivity index (χ3n) is 4.97. The summed E-state index contributed by atoms with van der Waals surface area (Å²) >= 11 is 0. The van der Waals surface area contributed by atoms with Crippen molar-refractivity contribution < 1.29 is 9.47 Å². The van der Waals surface area contributed by atoms with Crippen LogP contribution >= 0.6 is 0 Å². The lowest BCUT2D eigenvalue weighted by Crippen LogP contribution is -2.38. The maximum absolute atomic E-state index is 5.80. The van der Waals surface area contributed by atoms with Gasteiger partial charge in [0.25, 0.3) is 0 Å². The van der Waals surface area contributed by atoms with Crippen LogP contribution in [0.1, 0.15) is 25.1 Å². The van der Waals surface area contributed by atoms with Crippen molar-refractivity contribution in [2.45, 2.75) is 25.8 Å². The van der Waals surface area contributed by atoms with E-state index in [0.717, 1.165) is 75.1 Å². The van der Waals surface area contributed by atoms with Gasteiger partial charge in [0, 0.05) is 47.1 Å². The summed E-state index contributed by atoms with van der Waals surface area (Å²) in [4.78, 5) is 8.95. The Hall–Kier alpha value is -2.12. The number of hydrogen-bond acceptors (Lipinski definition) is 4. The Kier molecular flexibility index (Phi) is 7.47. The molecule has 0 aliphatic carbocycles. The van der Waals surface area contributed by atoms with E-state index in [9.17, 15) is 0 Å². The molecule has 0 radical (unpaired) electrons. The van der Waals surface area contributed by atoms with Gasteiger partial charge in [-0.05, 0) is 37.3 Å². The van der Waals surface area contributed by atoms with E-state index < -0.39 is 0 Å². The van der Waals surface area contributed by atoms with Gasteiger partial charge in [-0.15, -0.1) is 0 Å². The van der Waals surface area contributed by atoms with Gasteiger partial charge in [0.05, 0.1) is 17.6 Å². The van der Waals surface area contributed by atoms with Crippen LogP contribution in [0.5, 0.6) is 0 Å². The van der Waals surface area contributed by atoms with Crippen LogP contribution < -0.4 is 10.6 Å². The van der Waals surface area contributed by atoms with Crippen LogP contribution in [0.4, 0.5) is 0 Å². The number of rotatable bonds is 8. The van der Waals surface area contributed by atoms with E-state index in [1.54, 1.807) is 7.05 Å². The fraction of sp³-hybridized carbons (Fsp3) is 0.600. The van der Waals surface area contributed by atoms with Gasteiger partial charge in [0.1, 0.15) is 5.82 Å². The average molecular weight is 374 g/mol. The number of aryl methyl sites for hydroxylation is 1. The van der Waals surface area contributed by atoms with Crippen LogP contribution in [0.2, 0.25) is 0 Å². The molecule has 3 rings (SSSR count). The van der Waals surface area contributed by atoms with Crippen molar-refractivity contribution in [2.75, 3.05) is 40.0 Å². The Labute approximate surface area is 161 Å². The first-order chi connectivity index (χ1) is 13.3. The predicted octanol–water partition coefficient (Wildman–Crippen LogP) is 2.07. The zero-order valence-corrected chi connectivity index (χ0v) is 16.4. The molecule has 0 bridgehead atoms. The van der Waals surface area contributed by atoms with E-state index in [1.165, 1.54) is 0 Å². The van der Waals surface area contributed by atoms with Gasteiger partial charge in [-0.1, -0.05) is 12.1 Å². The van der Waals surface area contributed by atoms with Gasteiger partial charge in [0.2, 0.25) is 0 Å². The molecule has 1 aliphatic heterocycles. The molecule has 7 heteroatoms. The summed E-state index contributed by atoms with van der Waals surface area (Å²) in [5.41, 5.74) is 2.15. The molecule has 0 spiro atoms. The fourth-order valence-corrected chi connectivity index (χ4v) is 3.28. The second-order valence-corrected chi connectivity index (χ2v) is 6.91. The summed E-state index contributed by atoms with van der Waals surface area (Å²) < 4.78 is 13.3. The van der Waals surface area contributed by atoms with Gasteiger partial charge in [-0.2, -0.15) is 0 Å². The van der Waals surface area contributed by atoms with Crippen molar-refractivity contribution in [1.29, 1.82) is 0 Å². The SMILES string of the molecule is CN=C(NCCCOCC1CCOCC1)NCc1nc2ccccc2n1C. The number of aliphatic imine (C=N–C) groups is 1. The molecule has 7 nitrogen and oxygen atoms in total. The molecule has 0 atom stereocenters. The van der Waals surface area contributed by atoms with Crippen LogP contribution in [0, 0.1) is 5.92 Å². The minimum atomic E-state index is 0.630. The van der Waals surface area contributed by atoms with Crippen LogP contribution in [-0.2, 0) is 23.1 Å². The van der Waals surface area contributed by atoms with Crippen LogP contribution in [0.25, 0.3) is 11.0 Å². The number of nitrogens with one attached hydrogen (secondary N) is 2. The molecular formula is C20H31N5O2. The van der Waals surface area contributed by atoms with Gasteiger partial charge < -0.3 is 24.7 Å².